The second kappa shape index (κ2) is 14.9. The summed E-state index contributed by atoms with van der Waals surface area (Å²) in [7, 11) is 4.56. The molecule has 3 heterocycles. The molecular formula is C28H40N6O9S2. The lowest BCUT2D eigenvalue weighted by atomic mass is 9.82. The third-order valence-corrected chi connectivity index (χ3v) is 10.7. The number of hydrogen-bond donors (Lipinski definition) is 6. The van der Waals surface area contributed by atoms with E-state index in [0.717, 1.165) is 0 Å². The zero-order chi connectivity index (χ0) is 32.9. The molecule has 2 saturated heterocycles. The molecular weight excluding hydrogens is 628 g/mol. The number of methoxy groups -OCH3 is 1. The van der Waals surface area contributed by atoms with Gasteiger partial charge in [-0.2, -0.15) is 0 Å². The van der Waals surface area contributed by atoms with Gasteiger partial charge >= 0.3 is 12.1 Å². The van der Waals surface area contributed by atoms with Crippen LogP contribution < -0.4 is 27.0 Å². The van der Waals surface area contributed by atoms with E-state index in [4.69, 9.17) is 20.3 Å². The molecule has 17 heteroatoms. The number of carboxylic acid groups (broad SMARTS) is 1. The quantitative estimate of drug-likeness (QED) is 0.0474. The van der Waals surface area contributed by atoms with Crippen molar-refractivity contribution in [2.45, 2.75) is 63.4 Å². The lowest BCUT2D eigenvalue weighted by Crippen LogP contribution is -2.55. The molecule has 4 aliphatic rings. The van der Waals surface area contributed by atoms with Gasteiger partial charge in [0.05, 0.1) is 23.4 Å². The summed E-state index contributed by atoms with van der Waals surface area (Å²) in [6, 6.07) is -0.934. The molecule has 7 N–H and O–H groups in total. The lowest BCUT2D eigenvalue weighted by Gasteiger charge is -2.39. The van der Waals surface area contributed by atoms with Crippen LogP contribution in [0.1, 0.15) is 39.5 Å². The third-order valence-electron chi connectivity index (χ3n) is 8.33. The van der Waals surface area contributed by atoms with Gasteiger partial charge in [-0.3, -0.25) is 19.2 Å². The summed E-state index contributed by atoms with van der Waals surface area (Å²) in [6.45, 7) is 4.02. The second-order valence-corrected chi connectivity index (χ2v) is 13.9. The van der Waals surface area contributed by atoms with Crippen molar-refractivity contribution in [3.8, 4) is 0 Å². The Balaban J connectivity index is 1.18. The predicted molar refractivity (Wildman–Crippen MR) is 166 cm³/mol. The Morgan fingerprint density at radius 3 is 2.56 bits per heavy atom. The van der Waals surface area contributed by atoms with Crippen LogP contribution in [0.25, 0.3) is 0 Å². The summed E-state index contributed by atoms with van der Waals surface area (Å²) in [4.78, 5) is 75.0. The minimum absolute atomic E-state index is 0.109. The van der Waals surface area contributed by atoms with Gasteiger partial charge in [-0.1, -0.05) is 21.6 Å². The number of carboxylic acids is 1. The van der Waals surface area contributed by atoms with Crippen molar-refractivity contribution < 1.29 is 43.3 Å². The van der Waals surface area contributed by atoms with Crippen molar-refractivity contribution in [3.63, 3.8) is 0 Å². The maximum Gasteiger partial charge on any atom is 0.404 e. The molecule has 1 aliphatic carbocycles. The molecule has 0 aromatic carbocycles. The van der Waals surface area contributed by atoms with Gasteiger partial charge in [-0.25, -0.2) is 9.59 Å². The molecule has 0 spiro atoms. The van der Waals surface area contributed by atoms with Gasteiger partial charge < -0.3 is 46.5 Å². The van der Waals surface area contributed by atoms with E-state index in [9.17, 15) is 28.8 Å². The van der Waals surface area contributed by atoms with E-state index in [0.29, 0.717) is 61.7 Å². The molecule has 1 unspecified atom stereocenters. The topological polar surface area (TPSA) is 228 Å². The summed E-state index contributed by atoms with van der Waals surface area (Å²) in [6.07, 6.45) is 0.765. The molecule has 3 aliphatic heterocycles. The van der Waals surface area contributed by atoms with Crippen LogP contribution in [0.5, 0.6) is 0 Å². The highest BCUT2D eigenvalue weighted by molar-refractivity contribution is 8.76. The van der Waals surface area contributed by atoms with Crippen LogP contribution in [0.4, 0.5) is 4.79 Å². The number of hydrogen-bond acceptors (Lipinski definition) is 13. The largest absolute Gasteiger partial charge is 0.480 e. The fourth-order valence-electron chi connectivity index (χ4n) is 6.27. The fourth-order valence-corrected chi connectivity index (χ4v) is 8.16. The predicted octanol–water partition coefficient (Wildman–Crippen LogP) is -0.373. The smallest absolute Gasteiger partial charge is 0.404 e. The van der Waals surface area contributed by atoms with Crippen LogP contribution in [0.15, 0.2) is 22.5 Å². The summed E-state index contributed by atoms with van der Waals surface area (Å²) < 4.78 is 11.1. The lowest BCUT2D eigenvalue weighted by molar-refractivity contribution is -0.141. The van der Waals surface area contributed by atoms with Crippen LogP contribution in [0.3, 0.4) is 0 Å². The van der Waals surface area contributed by atoms with Gasteiger partial charge in [0.15, 0.2) is 5.72 Å². The van der Waals surface area contributed by atoms with E-state index in [1.165, 1.54) is 35.6 Å². The minimum Gasteiger partial charge on any atom is -0.480 e. The Hall–Kier alpha value is -3.28. The van der Waals surface area contributed by atoms with Crippen LogP contribution in [-0.4, -0.2) is 114 Å². The van der Waals surface area contributed by atoms with Crippen molar-refractivity contribution in [2.75, 3.05) is 44.9 Å². The molecule has 0 bridgehead atoms. The molecule has 0 aromatic heterocycles. The SMILES string of the molecule is CO[C@@]12[C@H](COC(N)=O)C3=C(C(=O)C(C)=C(NCCSSCCC(=O)NCCCC[C@H](NC(C)=O)C(=O)O)C3=O)N1CC1N[C@@H]12. The fraction of sp³-hybridized carbons (Fsp3) is 0.643. The summed E-state index contributed by atoms with van der Waals surface area (Å²) in [5, 5.41) is 20.8. The summed E-state index contributed by atoms with van der Waals surface area (Å²) in [5.74, 6) is -1.71. The maximum atomic E-state index is 13.8. The molecule has 5 atom stereocenters. The standard InChI is InChI=1S/C28H40N6O9S2/c1-14-21(31-9-11-45-44-10-7-19(36)30-8-5-4-6-17(26(39)40)32-15(2)35)24(38)20-16(13-43-27(29)41)28(42-3)25-18(33-25)12-34(28)22(20)23(14)37/h16-18,25,31,33H,4-13H2,1-3H3,(H2,29,41)(H,30,36)(H,32,35)(H,39,40)/t16-,17+,18?,25+,28-/m1/s1. The first-order valence-corrected chi connectivity index (χ1v) is 17.2. The number of rotatable bonds is 18. The van der Waals surface area contributed by atoms with E-state index < -0.39 is 35.7 Å². The Bertz CT molecular complexity index is 1310. The van der Waals surface area contributed by atoms with Crippen LogP contribution >= 0.6 is 21.6 Å². The van der Waals surface area contributed by atoms with E-state index in [-0.39, 0.29) is 53.9 Å². The first-order chi connectivity index (χ1) is 21.4. The number of unbranched alkanes of at least 4 members (excludes halogenated alkanes) is 1. The van der Waals surface area contributed by atoms with Crippen molar-refractivity contribution in [1.82, 2.24) is 26.2 Å². The zero-order valence-electron chi connectivity index (χ0n) is 25.4. The van der Waals surface area contributed by atoms with E-state index in [1.54, 1.807) is 6.92 Å². The van der Waals surface area contributed by atoms with Crippen molar-refractivity contribution in [1.29, 1.82) is 0 Å². The van der Waals surface area contributed by atoms with Gasteiger partial charge in [0, 0.05) is 68.8 Å². The number of ether oxygens (including phenoxy) is 2. The molecule has 2 fully saturated rings. The molecule has 4 rings (SSSR count). The number of carbonyl (C=O) groups excluding carboxylic acids is 5. The molecule has 3 amide bonds. The number of ketones is 2. The van der Waals surface area contributed by atoms with Gasteiger partial charge in [0.2, 0.25) is 23.4 Å². The number of primary amides is 1. The summed E-state index contributed by atoms with van der Waals surface area (Å²) in [5.41, 5.74) is 5.31. The number of piperazine rings is 1. The van der Waals surface area contributed by atoms with Crippen LogP contribution in [0, 0.1) is 5.92 Å². The zero-order valence-corrected chi connectivity index (χ0v) is 27.1. The van der Waals surface area contributed by atoms with E-state index >= 15 is 0 Å². The highest BCUT2D eigenvalue weighted by Gasteiger charge is 2.72. The summed E-state index contributed by atoms with van der Waals surface area (Å²) >= 11 is 0. The van der Waals surface area contributed by atoms with Crippen LogP contribution in [-0.2, 0) is 33.4 Å². The maximum absolute atomic E-state index is 13.8. The van der Waals surface area contributed by atoms with Gasteiger partial charge in [0.25, 0.3) is 0 Å². The first-order valence-electron chi connectivity index (χ1n) is 14.7. The minimum atomic E-state index is -1.08. The number of amides is 3. The van der Waals surface area contributed by atoms with Crippen molar-refractivity contribution >= 4 is 57.0 Å². The molecule has 0 radical (unpaired) electrons. The Morgan fingerprint density at radius 2 is 1.89 bits per heavy atom. The van der Waals surface area contributed by atoms with Gasteiger partial charge in [-0.15, -0.1) is 0 Å². The van der Waals surface area contributed by atoms with E-state index in [1.807, 2.05) is 4.90 Å². The van der Waals surface area contributed by atoms with E-state index in [2.05, 4.69) is 21.3 Å². The number of nitrogens with one attached hydrogen (secondary N) is 4. The Morgan fingerprint density at radius 1 is 1.16 bits per heavy atom. The van der Waals surface area contributed by atoms with Crippen molar-refractivity contribution in [2.24, 2.45) is 11.7 Å². The van der Waals surface area contributed by atoms with Crippen molar-refractivity contribution in [3.05, 3.63) is 22.5 Å². The third kappa shape index (κ3) is 7.42. The Kier molecular flexibility index (Phi) is 11.4. The second-order valence-electron chi connectivity index (χ2n) is 11.2. The number of nitrogens with two attached hydrogens (primary N) is 1. The molecule has 0 saturated carbocycles. The number of fused-ring (bicyclic) bond motifs is 4. The van der Waals surface area contributed by atoms with Gasteiger partial charge in [0.1, 0.15) is 12.6 Å². The number of carbonyl (C=O) groups is 6. The average Bonchev–Trinajstić information content (AvgIpc) is 3.60. The highest BCUT2D eigenvalue weighted by atomic mass is 33.1. The monoisotopic (exact) mass is 668 g/mol. The number of allylic oxidation sites excluding steroid dienone is 2. The molecule has 0 aromatic rings. The number of aliphatic carboxylic acids is 1. The molecule has 15 nitrogen and oxygen atoms in total. The Labute approximate surface area is 268 Å². The molecule has 248 valence electrons. The normalized spacial score (nSPS) is 25.4. The van der Waals surface area contributed by atoms with Crippen LogP contribution in [0.2, 0.25) is 0 Å². The molecule has 45 heavy (non-hydrogen) atoms. The highest BCUT2D eigenvalue weighted by Crippen LogP contribution is 2.55. The average molecular weight is 669 g/mol. The van der Waals surface area contributed by atoms with Gasteiger partial charge in [-0.05, 0) is 26.2 Å². The number of Topliss-reactive ketones (excluding diaryl/α,β-unsaturated/α-hetero) is 2. The number of nitrogens with zero attached hydrogens (tertiary/aromatic N) is 1. The first kappa shape index (κ1) is 34.6.